The quantitative estimate of drug-likeness (QED) is 0.391. The summed E-state index contributed by atoms with van der Waals surface area (Å²) < 4.78 is 15.2. The van der Waals surface area contributed by atoms with Crippen LogP contribution in [0.4, 0.5) is 0 Å². The molecule has 0 aromatic rings. The van der Waals surface area contributed by atoms with E-state index < -0.39 is 0 Å². The van der Waals surface area contributed by atoms with Crippen molar-refractivity contribution in [1.82, 2.24) is 4.90 Å². The van der Waals surface area contributed by atoms with Gasteiger partial charge in [0.05, 0.1) is 19.8 Å². The minimum absolute atomic E-state index is 0.156. The predicted octanol–water partition coefficient (Wildman–Crippen LogP) is 1.31. The molecule has 0 aliphatic carbocycles. The highest BCUT2D eigenvalue weighted by molar-refractivity contribution is 5.71. The molecule has 0 spiro atoms. The van der Waals surface area contributed by atoms with Crippen molar-refractivity contribution in [3.8, 4) is 0 Å². The second-order valence-electron chi connectivity index (χ2n) is 4.19. The van der Waals surface area contributed by atoms with E-state index in [0.717, 1.165) is 32.4 Å². The van der Waals surface area contributed by atoms with Crippen molar-refractivity contribution in [2.24, 2.45) is 0 Å². The summed E-state index contributed by atoms with van der Waals surface area (Å²) in [5, 5.41) is 0. The van der Waals surface area contributed by atoms with Crippen molar-refractivity contribution >= 4 is 5.97 Å². The third-order valence-electron chi connectivity index (χ3n) is 2.55. The number of carbonyl (C=O) groups excluding carboxylic acids is 1. The summed E-state index contributed by atoms with van der Waals surface area (Å²) in [6.45, 7) is 5.80. The van der Waals surface area contributed by atoms with E-state index in [1.165, 1.54) is 0 Å². The Kier molecular flexibility index (Phi) is 12.3. The SMILES string of the molecule is CCCCOC(=O)CN(CCCOC)CCOC. The molecule has 0 saturated carbocycles. The van der Waals surface area contributed by atoms with Gasteiger partial charge in [-0.3, -0.25) is 9.69 Å². The lowest BCUT2D eigenvalue weighted by atomic mass is 10.3. The van der Waals surface area contributed by atoms with E-state index in [1.807, 2.05) is 4.90 Å². The van der Waals surface area contributed by atoms with Crippen LogP contribution in [-0.2, 0) is 19.0 Å². The van der Waals surface area contributed by atoms with Gasteiger partial charge in [-0.2, -0.15) is 0 Å². The third kappa shape index (κ3) is 10.5. The molecule has 0 aromatic carbocycles. The number of ether oxygens (including phenoxy) is 3. The summed E-state index contributed by atoms with van der Waals surface area (Å²) in [5.74, 6) is -0.156. The molecule has 0 rings (SSSR count). The topological polar surface area (TPSA) is 48.0 Å². The summed E-state index contributed by atoms with van der Waals surface area (Å²) in [7, 11) is 3.34. The Balaban J connectivity index is 3.84. The van der Waals surface area contributed by atoms with Gasteiger partial charge in [-0.25, -0.2) is 0 Å². The lowest BCUT2D eigenvalue weighted by Crippen LogP contribution is -2.35. The van der Waals surface area contributed by atoms with Crippen LogP contribution in [0, 0.1) is 0 Å². The van der Waals surface area contributed by atoms with Gasteiger partial charge >= 0.3 is 5.97 Å². The zero-order valence-electron chi connectivity index (χ0n) is 11.9. The lowest BCUT2D eigenvalue weighted by Gasteiger charge is -2.20. The molecule has 0 heterocycles. The van der Waals surface area contributed by atoms with Gasteiger partial charge in [-0.15, -0.1) is 0 Å². The second-order valence-corrected chi connectivity index (χ2v) is 4.19. The van der Waals surface area contributed by atoms with Crippen molar-refractivity contribution in [3.63, 3.8) is 0 Å². The zero-order chi connectivity index (χ0) is 13.6. The molecule has 0 fully saturated rings. The van der Waals surface area contributed by atoms with Crippen LogP contribution in [0.5, 0.6) is 0 Å². The summed E-state index contributed by atoms with van der Waals surface area (Å²) in [6, 6.07) is 0. The number of methoxy groups -OCH3 is 2. The monoisotopic (exact) mass is 261 g/mol. The number of esters is 1. The highest BCUT2D eigenvalue weighted by atomic mass is 16.5. The lowest BCUT2D eigenvalue weighted by molar-refractivity contribution is -0.145. The van der Waals surface area contributed by atoms with E-state index in [1.54, 1.807) is 14.2 Å². The van der Waals surface area contributed by atoms with E-state index in [-0.39, 0.29) is 5.97 Å². The van der Waals surface area contributed by atoms with Gasteiger partial charge in [0.15, 0.2) is 0 Å². The smallest absolute Gasteiger partial charge is 0.320 e. The molecule has 0 radical (unpaired) electrons. The Hall–Kier alpha value is -0.650. The van der Waals surface area contributed by atoms with Crippen LogP contribution >= 0.6 is 0 Å². The van der Waals surface area contributed by atoms with E-state index in [0.29, 0.717) is 26.4 Å². The first kappa shape index (κ1) is 17.4. The first-order valence-electron chi connectivity index (χ1n) is 6.60. The molecule has 0 aromatic heterocycles. The molecule has 5 nitrogen and oxygen atoms in total. The van der Waals surface area contributed by atoms with Gasteiger partial charge in [0.25, 0.3) is 0 Å². The van der Waals surface area contributed by atoms with Gasteiger partial charge in [0.2, 0.25) is 0 Å². The maximum Gasteiger partial charge on any atom is 0.320 e. The molecule has 0 amide bonds. The number of nitrogens with zero attached hydrogens (tertiary/aromatic N) is 1. The zero-order valence-corrected chi connectivity index (χ0v) is 11.9. The normalized spacial score (nSPS) is 10.9. The summed E-state index contributed by atoms with van der Waals surface area (Å²) in [5.41, 5.74) is 0. The van der Waals surface area contributed by atoms with Gasteiger partial charge in [-0.1, -0.05) is 13.3 Å². The van der Waals surface area contributed by atoms with Crippen LogP contribution in [0.2, 0.25) is 0 Å². The molecule has 0 unspecified atom stereocenters. The van der Waals surface area contributed by atoms with Crippen LogP contribution in [0.25, 0.3) is 0 Å². The molecule has 18 heavy (non-hydrogen) atoms. The van der Waals surface area contributed by atoms with Crippen molar-refractivity contribution in [2.75, 3.05) is 53.7 Å². The standard InChI is InChI=1S/C13H27NO4/c1-4-5-10-18-13(15)12-14(8-11-17-3)7-6-9-16-2/h4-12H2,1-3H3. The Labute approximate surface area is 110 Å². The molecule has 0 aliphatic rings. The van der Waals surface area contributed by atoms with Crippen LogP contribution in [0.15, 0.2) is 0 Å². The van der Waals surface area contributed by atoms with Gasteiger partial charge in [0, 0.05) is 33.9 Å². The number of hydrogen-bond acceptors (Lipinski definition) is 5. The average molecular weight is 261 g/mol. The maximum atomic E-state index is 11.6. The third-order valence-corrected chi connectivity index (χ3v) is 2.55. The van der Waals surface area contributed by atoms with Gasteiger partial charge in [0.1, 0.15) is 0 Å². The summed E-state index contributed by atoms with van der Waals surface area (Å²) in [4.78, 5) is 13.6. The largest absolute Gasteiger partial charge is 0.465 e. The fourth-order valence-corrected chi connectivity index (χ4v) is 1.48. The fourth-order valence-electron chi connectivity index (χ4n) is 1.48. The molecule has 0 bridgehead atoms. The molecular weight excluding hydrogens is 234 g/mol. The van der Waals surface area contributed by atoms with Crippen LogP contribution in [0.1, 0.15) is 26.2 Å². The van der Waals surface area contributed by atoms with Crippen LogP contribution in [-0.4, -0.2) is 64.5 Å². The first-order chi connectivity index (χ1) is 8.74. The summed E-state index contributed by atoms with van der Waals surface area (Å²) in [6.07, 6.45) is 2.87. The minimum atomic E-state index is -0.156. The van der Waals surface area contributed by atoms with Crippen molar-refractivity contribution in [1.29, 1.82) is 0 Å². The highest BCUT2D eigenvalue weighted by Crippen LogP contribution is 1.96. The number of hydrogen-bond donors (Lipinski definition) is 0. The van der Waals surface area contributed by atoms with Crippen molar-refractivity contribution in [3.05, 3.63) is 0 Å². The first-order valence-corrected chi connectivity index (χ1v) is 6.60. The average Bonchev–Trinajstić information content (AvgIpc) is 2.36. The summed E-state index contributed by atoms with van der Waals surface area (Å²) >= 11 is 0. The van der Waals surface area contributed by atoms with Crippen molar-refractivity contribution in [2.45, 2.75) is 26.2 Å². The van der Waals surface area contributed by atoms with E-state index in [4.69, 9.17) is 14.2 Å². The molecular formula is C13H27NO4. The Bertz CT molecular complexity index is 199. The Morgan fingerprint density at radius 1 is 1.00 bits per heavy atom. The number of rotatable bonds is 12. The second kappa shape index (κ2) is 12.8. The fraction of sp³-hybridized carbons (Fsp3) is 0.923. The van der Waals surface area contributed by atoms with E-state index >= 15 is 0 Å². The van der Waals surface area contributed by atoms with Gasteiger partial charge < -0.3 is 14.2 Å². The highest BCUT2D eigenvalue weighted by Gasteiger charge is 2.11. The van der Waals surface area contributed by atoms with Crippen LogP contribution < -0.4 is 0 Å². The van der Waals surface area contributed by atoms with Crippen molar-refractivity contribution < 1.29 is 19.0 Å². The van der Waals surface area contributed by atoms with Crippen LogP contribution in [0.3, 0.4) is 0 Å². The number of carbonyl (C=O) groups is 1. The molecule has 0 saturated heterocycles. The molecule has 0 atom stereocenters. The molecule has 5 heteroatoms. The molecule has 0 aliphatic heterocycles. The Morgan fingerprint density at radius 3 is 2.33 bits per heavy atom. The molecule has 108 valence electrons. The number of unbranched alkanes of at least 4 members (excludes halogenated alkanes) is 1. The minimum Gasteiger partial charge on any atom is -0.465 e. The Morgan fingerprint density at radius 2 is 1.72 bits per heavy atom. The molecule has 0 N–H and O–H groups in total. The maximum absolute atomic E-state index is 11.6. The predicted molar refractivity (Wildman–Crippen MR) is 70.7 cm³/mol. The van der Waals surface area contributed by atoms with Gasteiger partial charge in [-0.05, 0) is 12.8 Å². The van der Waals surface area contributed by atoms with E-state index in [2.05, 4.69) is 6.92 Å². The van der Waals surface area contributed by atoms with E-state index in [9.17, 15) is 4.79 Å².